The Morgan fingerprint density at radius 2 is 1.84 bits per heavy atom. The maximum Gasteiger partial charge on any atom is 0.254 e. The fourth-order valence-corrected chi connectivity index (χ4v) is 3.58. The highest BCUT2D eigenvalue weighted by Gasteiger charge is 2.32. The van der Waals surface area contributed by atoms with Crippen molar-refractivity contribution in [3.63, 3.8) is 0 Å². The highest BCUT2D eigenvalue weighted by atomic mass is 16.2. The van der Waals surface area contributed by atoms with E-state index in [0.717, 1.165) is 32.4 Å². The van der Waals surface area contributed by atoms with Crippen molar-refractivity contribution >= 4 is 11.8 Å². The lowest BCUT2D eigenvalue weighted by molar-refractivity contribution is 0.0743. The van der Waals surface area contributed by atoms with Gasteiger partial charge in [0.05, 0.1) is 0 Å². The number of likely N-dealkylation sites (tertiary alicyclic amines) is 1. The Balaban J connectivity index is 2.17. The van der Waals surface area contributed by atoms with Crippen LogP contribution in [0.5, 0.6) is 0 Å². The molecule has 1 saturated heterocycles. The van der Waals surface area contributed by atoms with Crippen LogP contribution in [0.4, 0.5) is 0 Å². The third kappa shape index (κ3) is 4.60. The molecule has 0 aromatic heterocycles. The number of rotatable bonds is 7. The van der Waals surface area contributed by atoms with Gasteiger partial charge in [0.15, 0.2) is 0 Å². The van der Waals surface area contributed by atoms with E-state index in [1.165, 1.54) is 0 Å². The molecule has 0 bridgehead atoms. The van der Waals surface area contributed by atoms with Crippen molar-refractivity contribution in [2.45, 2.75) is 46.1 Å². The first kappa shape index (κ1) is 19.4. The normalized spacial score (nSPS) is 19.9. The minimum absolute atomic E-state index is 0.00404. The number of carbonyl (C=O) groups is 2. The molecular formula is C20H31N3O2. The Labute approximate surface area is 151 Å². The third-order valence-corrected chi connectivity index (χ3v) is 4.89. The molecule has 2 amide bonds. The van der Waals surface area contributed by atoms with Gasteiger partial charge in [0.1, 0.15) is 0 Å². The first-order valence-electron chi connectivity index (χ1n) is 9.42. The summed E-state index contributed by atoms with van der Waals surface area (Å²) in [6.07, 6.45) is 2.80. The lowest BCUT2D eigenvalue weighted by atomic mass is 10.1. The second-order valence-corrected chi connectivity index (χ2v) is 7.02. The summed E-state index contributed by atoms with van der Waals surface area (Å²) in [6.45, 7) is 8.99. The van der Waals surface area contributed by atoms with E-state index in [4.69, 9.17) is 5.73 Å². The number of hydrogen-bond acceptors (Lipinski definition) is 3. The van der Waals surface area contributed by atoms with Crippen LogP contribution in [0.3, 0.4) is 0 Å². The molecule has 1 fully saturated rings. The summed E-state index contributed by atoms with van der Waals surface area (Å²) in [7, 11) is 0. The molecule has 1 aromatic carbocycles. The van der Waals surface area contributed by atoms with Gasteiger partial charge < -0.3 is 15.5 Å². The molecule has 1 aliphatic heterocycles. The Morgan fingerprint density at radius 1 is 1.20 bits per heavy atom. The summed E-state index contributed by atoms with van der Waals surface area (Å²) in [5.41, 5.74) is 6.94. The summed E-state index contributed by atoms with van der Waals surface area (Å²) < 4.78 is 0. The summed E-state index contributed by atoms with van der Waals surface area (Å²) >= 11 is 0. The molecule has 5 heteroatoms. The van der Waals surface area contributed by atoms with Gasteiger partial charge in [-0.05, 0) is 56.8 Å². The van der Waals surface area contributed by atoms with Crippen LogP contribution in [0.1, 0.15) is 60.7 Å². The number of nitrogens with two attached hydrogens (primary N) is 1. The molecule has 138 valence electrons. The third-order valence-electron chi connectivity index (χ3n) is 4.89. The number of carbonyl (C=O) groups excluding carboxylic acids is 2. The summed E-state index contributed by atoms with van der Waals surface area (Å²) in [4.78, 5) is 29.4. The maximum absolute atomic E-state index is 12.9. The molecule has 1 heterocycles. The van der Waals surface area contributed by atoms with Gasteiger partial charge in [-0.25, -0.2) is 0 Å². The molecule has 1 aliphatic rings. The van der Waals surface area contributed by atoms with Crippen molar-refractivity contribution in [3.8, 4) is 0 Å². The average molecular weight is 345 g/mol. The molecule has 2 atom stereocenters. The van der Waals surface area contributed by atoms with E-state index in [0.29, 0.717) is 30.1 Å². The minimum Gasteiger partial charge on any atom is -0.339 e. The smallest absolute Gasteiger partial charge is 0.254 e. The van der Waals surface area contributed by atoms with E-state index >= 15 is 0 Å². The van der Waals surface area contributed by atoms with E-state index in [2.05, 4.69) is 20.8 Å². The van der Waals surface area contributed by atoms with Crippen molar-refractivity contribution in [1.29, 1.82) is 0 Å². The van der Waals surface area contributed by atoms with Gasteiger partial charge in [0.25, 0.3) is 11.8 Å². The SMILES string of the molecule is CCCN(CCC)C(=O)c1cccc(C(=O)N2CC(CN)CC2C)c1. The summed E-state index contributed by atoms with van der Waals surface area (Å²) in [5.74, 6) is 0.372. The Kier molecular flexibility index (Phi) is 7.00. The lowest BCUT2D eigenvalue weighted by Gasteiger charge is -2.23. The monoisotopic (exact) mass is 345 g/mol. The molecule has 0 saturated carbocycles. The first-order valence-corrected chi connectivity index (χ1v) is 9.42. The Bertz CT molecular complexity index is 596. The van der Waals surface area contributed by atoms with Crippen LogP contribution in [0.15, 0.2) is 24.3 Å². The molecule has 0 radical (unpaired) electrons. The first-order chi connectivity index (χ1) is 12.0. The molecule has 1 aromatic rings. The van der Waals surface area contributed by atoms with E-state index in [1.807, 2.05) is 9.80 Å². The zero-order valence-electron chi connectivity index (χ0n) is 15.7. The van der Waals surface area contributed by atoms with Crippen LogP contribution in [0.25, 0.3) is 0 Å². The van der Waals surface area contributed by atoms with Crippen LogP contribution in [0.2, 0.25) is 0 Å². The van der Waals surface area contributed by atoms with Crippen LogP contribution < -0.4 is 5.73 Å². The van der Waals surface area contributed by atoms with E-state index in [-0.39, 0.29) is 17.9 Å². The molecular weight excluding hydrogens is 314 g/mol. The summed E-state index contributed by atoms with van der Waals surface area (Å²) in [5, 5.41) is 0. The minimum atomic E-state index is -0.00404. The molecule has 5 nitrogen and oxygen atoms in total. The molecule has 0 aliphatic carbocycles. The molecule has 2 N–H and O–H groups in total. The predicted molar refractivity (Wildman–Crippen MR) is 101 cm³/mol. The molecule has 0 spiro atoms. The van der Waals surface area contributed by atoms with Crippen molar-refractivity contribution in [2.75, 3.05) is 26.2 Å². The van der Waals surface area contributed by atoms with Crippen LogP contribution >= 0.6 is 0 Å². The van der Waals surface area contributed by atoms with Gasteiger partial charge in [-0.3, -0.25) is 9.59 Å². The highest BCUT2D eigenvalue weighted by Crippen LogP contribution is 2.24. The molecule has 2 unspecified atom stereocenters. The van der Waals surface area contributed by atoms with E-state index in [9.17, 15) is 9.59 Å². The van der Waals surface area contributed by atoms with Crippen LogP contribution in [0, 0.1) is 5.92 Å². The Morgan fingerprint density at radius 3 is 2.40 bits per heavy atom. The standard InChI is InChI=1S/C20H31N3O2/c1-4-9-22(10-5-2)19(24)17-7-6-8-18(12-17)20(25)23-14-16(13-21)11-15(23)3/h6-8,12,15-16H,4-5,9-11,13-14,21H2,1-3H3. The second-order valence-electron chi connectivity index (χ2n) is 7.02. The topological polar surface area (TPSA) is 66.6 Å². The van der Waals surface area contributed by atoms with Crippen LogP contribution in [-0.4, -0.2) is 53.8 Å². The van der Waals surface area contributed by atoms with E-state index < -0.39 is 0 Å². The van der Waals surface area contributed by atoms with Gasteiger partial charge in [-0.1, -0.05) is 19.9 Å². The zero-order valence-corrected chi connectivity index (χ0v) is 15.7. The fraction of sp³-hybridized carbons (Fsp3) is 0.600. The van der Waals surface area contributed by atoms with Gasteiger partial charge >= 0.3 is 0 Å². The highest BCUT2D eigenvalue weighted by molar-refractivity contribution is 5.99. The molecule has 25 heavy (non-hydrogen) atoms. The van der Waals surface area contributed by atoms with Crippen molar-refractivity contribution in [3.05, 3.63) is 35.4 Å². The van der Waals surface area contributed by atoms with Gasteiger partial charge in [-0.15, -0.1) is 0 Å². The quantitative estimate of drug-likeness (QED) is 0.826. The average Bonchev–Trinajstić information content (AvgIpc) is 3.01. The predicted octanol–water partition coefficient (Wildman–Crippen LogP) is 2.76. The maximum atomic E-state index is 12.9. The largest absolute Gasteiger partial charge is 0.339 e. The van der Waals surface area contributed by atoms with Crippen molar-refractivity contribution < 1.29 is 9.59 Å². The number of amides is 2. The summed E-state index contributed by atoms with van der Waals surface area (Å²) in [6, 6.07) is 7.33. The zero-order chi connectivity index (χ0) is 18.4. The van der Waals surface area contributed by atoms with Gasteiger partial charge in [-0.2, -0.15) is 0 Å². The number of hydrogen-bond donors (Lipinski definition) is 1. The number of nitrogens with zero attached hydrogens (tertiary/aromatic N) is 2. The van der Waals surface area contributed by atoms with Gasteiger partial charge in [0.2, 0.25) is 0 Å². The fourth-order valence-electron chi connectivity index (χ4n) is 3.58. The molecule has 2 rings (SSSR count). The second kappa shape index (κ2) is 8.99. The lowest BCUT2D eigenvalue weighted by Crippen LogP contribution is -2.35. The van der Waals surface area contributed by atoms with Crippen molar-refractivity contribution in [1.82, 2.24) is 9.80 Å². The van der Waals surface area contributed by atoms with Gasteiger partial charge in [0, 0.05) is 36.8 Å². The van der Waals surface area contributed by atoms with Crippen molar-refractivity contribution in [2.24, 2.45) is 11.7 Å². The van der Waals surface area contributed by atoms with E-state index in [1.54, 1.807) is 24.3 Å². The Hall–Kier alpha value is -1.88. The van der Waals surface area contributed by atoms with Crippen LogP contribution in [-0.2, 0) is 0 Å². The number of benzene rings is 1.